The Kier molecular flexibility index (Phi) is 6.83. The van der Waals surface area contributed by atoms with Gasteiger partial charge < -0.3 is 20.1 Å². The highest BCUT2D eigenvalue weighted by Gasteiger charge is 2.18. The van der Waals surface area contributed by atoms with Gasteiger partial charge in [0, 0.05) is 33.0 Å². The zero-order valence-corrected chi connectivity index (χ0v) is 12.8. The van der Waals surface area contributed by atoms with E-state index >= 15 is 0 Å². The second kappa shape index (κ2) is 8.14. The molecule has 1 aromatic rings. The van der Waals surface area contributed by atoms with Crippen LogP contribution in [-0.2, 0) is 9.47 Å². The summed E-state index contributed by atoms with van der Waals surface area (Å²) >= 11 is 3.35. The van der Waals surface area contributed by atoms with Crippen LogP contribution in [0.1, 0.15) is 10.4 Å². The summed E-state index contributed by atoms with van der Waals surface area (Å²) in [7, 11) is 3.21. The Bertz CT molecular complexity index is 418. The zero-order valence-electron chi connectivity index (χ0n) is 11.2. The first-order valence-electron chi connectivity index (χ1n) is 5.93. The monoisotopic (exact) mass is 330 g/mol. The Balaban J connectivity index is 2.87. The van der Waals surface area contributed by atoms with E-state index in [2.05, 4.69) is 15.9 Å². The Morgan fingerprint density at radius 2 is 1.84 bits per heavy atom. The van der Waals surface area contributed by atoms with Gasteiger partial charge in [-0.3, -0.25) is 4.79 Å². The van der Waals surface area contributed by atoms with Gasteiger partial charge in [0.15, 0.2) is 0 Å². The van der Waals surface area contributed by atoms with Gasteiger partial charge in [0.05, 0.1) is 23.2 Å². The van der Waals surface area contributed by atoms with Gasteiger partial charge in [0.2, 0.25) is 0 Å². The van der Waals surface area contributed by atoms with Crippen LogP contribution in [0.2, 0.25) is 0 Å². The van der Waals surface area contributed by atoms with E-state index in [1.807, 2.05) is 0 Å². The number of anilines is 1. The lowest BCUT2D eigenvalue weighted by Gasteiger charge is -2.22. The van der Waals surface area contributed by atoms with Gasteiger partial charge in [-0.05, 0) is 28.1 Å². The van der Waals surface area contributed by atoms with Gasteiger partial charge in [-0.1, -0.05) is 6.07 Å². The zero-order chi connectivity index (χ0) is 14.3. The summed E-state index contributed by atoms with van der Waals surface area (Å²) in [6, 6.07) is 5.25. The second-order valence-electron chi connectivity index (χ2n) is 3.99. The Hall–Kier alpha value is -1.11. The van der Waals surface area contributed by atoms with Crippen LogP contribution in [0.15, 0.2) is 22.7 Å². The van der Waals surface area contributed by atoms with Crippen molar-refractivity contribution >= 4 is 27.5 Å². The fraction of sp³-hybridized carbons (Fsp3) is 0.462. The fourth-order valence-corrected chi connectivity index (χ4v) is 2.04. The van der Waals surface area contributed by atoms with E-state index in [9.17, 15) is 4.79 Å². The third-order valence-corrected chi connectivity index (χ3v) is 3.56. The maximum atomic E-state index is 12.5. The lowest BCUT2D eigenvalue weighted by atomic mass is 10.1. The van der Waals surface area contributed by atoms with Crippen LogP contribution >= 0.6 is 15.9 Å². The minimum absolute atomic E-state index is 0.0896. The molecule has 0 saturated carbocycles. The van der Waals surface area contributed by atoms with Crippen molar-refractivity contribution in [2.75, 3.05) is 46.3 Å². The highest BCUT2D eigenvalue weighted by molar-refractivity contribution is 9.10. The minimum Gasteiger partial charge on any atom is -0.398 e. The number of ether oxygens (including phenoxy) is 2. The summed E-state index contributed by atoms with van der Waals surface area (Å²) in [6.07, 6.45) is 0. The first-order valence-corrected chi connectivity index (χ1v) is 6.72. The van der Waals surface area contributed by atoms with Crippen LogP contribution in [0, 0.1) is 0 Å². The number of nitrogen functional groups attached to an aromatic ring is 1. The van der Waals surface area contributed by atoms with Gasteiger partial charge in [-0.15, -0.1) is 0 Å². The summed E-state index contributed by atoms with van der Waals surface area (Å²) in [5.41, 5.74) is 6.89. The van der Waals surface area contributed by atoms with Crippen molar-refractivity contribution < 1.29 is 14.3 Å². The molecule has 0 radical (unpaired) electrons. The number of nitrogens with two attached hydrogens (primary N) is 1. The maximum absolute atomic E-state index is 12.5. The molecule has 0 aliphatic rings. The number of methoxy groups -OCH3 is 2. The molecule has 6 heteroatoms. The first-order chi connectivity index (χ1) is 9.11. The van der Waals surface area contributed by atoms with Crippen molar-refractivity contribution in [1.82, 2.24) is 4.90 Å². The van der Waals surface area contributed by atoms with Crippen molar-refractivity contribution in [3.05, 3.63) is 28.2 Å². The van der Waals surface area contributed by atoms with Gasteiger partial charge >= 0.3 is 0 Å². The van der Waals surface area contributed by atoms with E-state index in [0.29, 0.717) is 42.0 Å². The van der Waals surface area contributed by atoms with Crippen molar-refractivity contribution in [3.8, 4) is 0 Å². The van der Waals surface area contributed by atoms with E-state index in [1.165, 1.54) is 0 Å². The van der Waals surface area contributed by atoms with E-state index in [1.54, 1.807) is 37.3 Å². The molecule has 1 amide bonds. The van der Waals surface area contributed by atoms with Crippen molar-refractivity contribution in [2.45, 2.75) is 0 Å². The highest BCUT2D eigenvalue weighted by Crippen LogP contribution is 2.24. The summed E-state index contributed by atoms with van der Waals surface area (Å²) in [5, 5.41) is 0. The Morgan fingerprint density at radius 3 is 2.37 bits per heavy atom. The number of benzene rings is 1. The summed E-state index contributed by atoms with van der Waals surface area (Å²) in [4.78, 5) is 14.1. The van der Waals surface area contributed by atoms with Crippen LogP contribution in [0.25, 0.3) is 0 Å². The number of hydrogen-bond acceptors (Lipinski definition) is 4. The Morgan fingerprint density at radius 1 is 1.26 bits per heavy atom. The third-order valence-electron chi connectivity index (χ3n) is 2.68. The molecule has 0 bridgehead atoms. The molecule has 0 heterocycles. The summed E-state index contributed by atoms with van der Waals surface area (Å²) in [6.45, 7) is 1.99. The summed E-state index contributed by atoms with van der Waals surface area (Å²) < 4.78 is 10.7. The number of carbonyl (C=O) groups is 1. The summed E-state index contributed by atoms with van der Waals surface area (Å²) in [5.74, 6) is -0.0896. The van der Waals surface area contributed by atoms with E-state index in [0.717, 1.165) is 0 Å². The predicted octanol–water partition coefficient (Wildman–Crippen LogP) is 1.77. The number of nitrogens with zero attached hydrogens (tertiary/aromatic N) is 1. The normalized spacial score (nSPS) is 10.5. The molecule has 19 heavy (non-hydrogen) atoms. The molecule has 5 nitrogen and oxygen atoms in total. The largest absolute Gasteiger partial charge is 0.398 e. The highest BCUT2D eigenvalue weighted by atomic mass is 79.9. The molecule has 1 rings (SSSR count). The maximum Gasteiger partial charge on any atom is 0.255 e. The average molecular weight is 331 g/mol. The number of hydrogen-bond donors (Lipinski definition) is 1. The quantitative estimate of drug-likeness (QED) is 0.774. The first kappa shape index (κ1) is 15.9. The van der Waals surface area contributed by atoms with Crippen LogP contribution in [0.5, 0.6) is 0 Å². The van der Waals surface area contributed by atoms with Crippen molar-refractivity contribution in [1.29, 1.82) is 0 Å². The SMILES string of the molecule is COCCN(CCOC)C(=O)c1cccc(N)c1Br. The molecule has 0 spiro atoms. The number of halogens is 1. The second-order valence-corrected chi connectivity index (χ2v) is 4.78. The van der Waals surface area contributed by atoms with Crippen molar-refractivity contribution in [2.24, 2.45) is 0 Å². The number of amides is 1. The van der Waals surface area contributed by atoms with Gasteiger partial charge in [0.25, 0.3) is 5.91 Å². The molecule has 0 fully saturated rings. The van der Waals surface area contributed by atoms with Crippen LogP contribution < -0.4 is 5.73 Å². The van der Waals surface area contributed by atoms with Gasteiger partial charge in [0.1, 0.15) is 0 Å². The molecular formula is C13H19BrN2O3. The van der Waals surface area contributed by atoms with E-state index in [-0.39, 0.29) is 5.91 Å². The molecule has 0 aromatic heterocycles. The average Bonchev–Trinajstić information content (AvgIpc) is 2.41. The van der Waals surface area contributed by atoms with Crippen LogP contribution in [0.3, 0.4) is 0 Å². The molecule has 2 N–H and O–H groups in total. The number of carbonyl (C=O) groups excluding carboxylic acids is 1. The Labute approximate surface area is 121 Å². The minimum atomic E-state index is -0.0896. The molecule has 0 unspecified atom stereocenters. The topological polar surface area (TPSA) is 64.8 Å². The number of rotatable bonds is 7. The van der Waals surface area contributed by atoms with E-state index in [4.69, 9.17) is 15.2 Å². The molecular weight excluding hydrogens is 312 g/mol. The predicted molar refractivity (Wildman–Crippen MR) is 78.2 cm³/mol. The molecule has 0 saturated heterocycles. The standard InChI is InChI=1S/C13H19BrN2O3/c1-18-8-6-16(7-9-19-2)13(17)10-4-3-5-11(15)12(10)14/h3-5H,6-9,15H2,1-2H3. The van der Waals surface area contributed by atoms with E-state index < -0.39 is 0 Å². The lowest BCUT2D eigenvalue weighted by molar-refractivity contribution is 0.0626. The van der Waals surface area contributed by atoms with Crippen LogP contribution in [0.4, 0.5) is 5.69 Å². The smallest absolute Gasteiger partial charge is 0.255 e. The molecule has 0 aliphatic heterocycles. The van der Waals surface area contributed by atoms with Gasteiger partial charge in [-0.25, -0.2) is 0 Å². The molecule has 1 aromatic carbocycles. The molecule has 0 atom stereocenters. The fourth-order valence-electron chi connectivity index (χ4n) is 1.60. The third kappa shape index (κ3) is 4.49. The molecule has 0 aliphatic carbocycles. The van der Waals surface area contributed by atoms with Gasteiger partial charge in [-0.2, -0.15) is 0 Å². The lowest BCUT2D eigenvalue weighted by Crippen LogP contribution is -2.36. The molecule has 106 valence electrons. The van der Waals surface area contributed by atoms with Crippen LogP contribution in [-0.4, -0.2) is 51.3 Å². The van der Waals surface area contributed by atoms with Crippen molar-refractivity contribution in [3.63, 3.8) is 0 Å².